The van der Waals surface area contributed by atoms with Gasteiger partial charge in [0, 0.05) is 24.5 Å². The maximum Gasteiger partial charge on any atom is 0.224 e. The third-order valence-electron chi connectivity index (χ3n) is 4.39. The number of carbonyl (C=O) groups is 2. The number of hydrogen-bond acceptors (Lipinski definition) is 3. The van der Waals surface area contributed by atoms with Gasteiger partial charge in [-0.25, -0.2) is 0 Å². The van der Waals surface area contributed by atoms with Crippen LogP contribution in [0, 0.1) is 5.92 Å². The van der Waals surface area contributed by atoms with E-state index in [0.29, 0.717) is 12.3 Å². The van der Waals surface area contributed by atoms with Gasteiger partial charge in [0.2, 0.25) is 11.8 Å². The zero-order valence-electron chi connectivity index (χ0n) is 14.3. The standard InChI is InChI=1S/C18H26BrN3O2/c1-13(23)21-17(15-5-7-16(19)8-6-15)10-18(24)22-9-3-4-14(12-22)11-20-2/h5-8,14,17,20H,3-4,9-12H2,1-2H3,(H,21,23). The first-order valence-electron chi connectivity index (χ1n) is 8.44. The second kappa shape index (κ2) is 9.18. The zero-order chi connectivity index (χ0) is 17.5. The van der Waals surface area contributed by atoms with Crippen molar-refractivity contribution in [3.05, 3.63) is 34.3 Å². The fourth-order valence-corrected chi connectivity index (χ4v) is 3.51. The van der Waals surface area contributed by atoms with Crippen molar-refractivity contribution in [3.8, 4) is 0 Å². The Balaban J connectivity index is 2.03. The van der Waals surface area contributed by atoms with E-state index in [1.165, 1.54) is 6.92 Å². The van der Waals surface area contributed by atoms with Crippen LogP contribution in [0.15, 0.2) is 28.7 Å². The summed E-state index contributed by atoms with van der Waals surface area (Å²) in [6.07, 6.45) is 2.50. The van der Waals surface area contributed by atoms with Crippen LogP contribution in [0.3, 0.4) is 0 Å². The van der Waals surface area contributed by atoms with Crippen molar-refractivity contribution >= 4 is 27.7 Å². The molecule has 0 radical (unpaired) electrons. The number of amides is 2. The first-order valence-corrected chi connectivity index (χ1v) is 9.24. The Morgan fingerprint density at radius 1 is 1.33 bits per heavy atom. The van der Waals surface area contributed by atoms with E-state index in [9.17, 15) is 9.59 Å². The van der Waals surface area contributed by atoms with Crippen LogP contribution in [-0.2, 0) is 9.59 Å². The van der Waals surface area contributed by atoms with Gasteiger partial charge in [-0.1, -0.05) is 28.1 Å². The molecule has 0 bridgehead atoms. The van der Waals surface area contributed by atoms with E-state index in [4.69, 9.17) is 0 Å². The van der Waals surface area contributed by atoms with Crippen LogP contribution in [0.4, 0.5) is 0 Å². The molecule has 1 aliphatic heterocycles. The number of hydrogen-bond donors (Lipinski definition) is 2. The van der Waals surface area contributed by atoms with E-state index in [1.54, 1.807) is 0 Å². The van der Waals surface area contributed by atoms with E-state index in [0.717, 1.165) is 42.5 Å². The van der Waals surface area contributed by atoms with Gasteiger partial charge in [0.05, 0.1) is 12.5 Å². The number of piperidine rings is 1. The number of rotatable bonds is 6. The van der Waals surface area contributed by atoms with Crippen LogP contribution in [0.5, 0.6) is 0 Å². The minimum atomic E-state index is -0.284. The van der Waals surface area contributed by atoms with E-state index in [-0.39, 0.29) is 17.9 Å². The van der Waals surface area contributed by atoms with Crippen LogP contribution in [-0.4, -0.2) is 43.4 Å². The number of nitrogens with zero attached hydrogens (tertiary/aromatic N) is 1. The highest BCUT2D eigenvalue weighted by Crippen LogP contribution is 2.23. The molecule has 1 aromatic rings. The molecule has 2 rings (SSSR count). The highest BCUT2D eigenvalue weighted by atomic mass is 79.9. The molecule has 2 amide bonds. The Labute approximate surface area is 152 Å². The Hall–Kier alpha value is -1.40. The van der Waals surface area contributed by atoms with Gasteiger partial charge < -0.3 is 15.5 Å². The fourth-order valence-electron chi connectivity index (χ4n) is 3.24. The average molecular weight is 396 g/mol. The number of carbonyl (C=O) groups excluding carboxylic acids is 2. The van der Waals surface area contributed by atoms with E-state index in [1.807, 2.05) is 36.2 Å². The molecule has 2 atom stereocenters. The van der Waals surface area contributed by atoms with E-state index < -0.39 is 0 Å². The van der Waals surface area contributed by atoms with Crippen molar-refractivity contribution < 1.29 is 9.59 Å². The van der Waals surface area contributed by atoms with Crippen molar-refractivity contribution in [1.82, 2.24) is 15.5 Å². The van der Waals surface area contributed by atoms with E-state index >= 15 is 0 Å². The largest absolute Gasteiger partial charge is 0.349 e. The predicted molar refractivity (Wildman–Crippen MR) is 98.5 cm³/mol. The van der Waals surface area contributed by atoms with Gasteiger partial charge in [-0.2, -0.15) is 0 Å². The van der Waals surface area contributed by atoms with Gasteiger partial charge in [0.25, 0.3) is 0 Å². The zero-order valence-corrected chi connectivity index (χ0v) is 15.9. The van der Waals surface area contributed by atoms with Gasteiger partial charge in [0.1, 0.15) is 0 Å². The first-order chi connectivity index (χ1) is 11.5. The Kier molecular flexibility index (Phi) is 7.24. The molecule has 6 heteroatoms. The van der Waals surface area contributed by atoms with Crippen molar-refractivity contribution in [1.29, 1.82) is 0 Å². The molecule has 0 saturated carbocycles. The summed E-state index contributed by atoms with van der Waals surface area (Å²) in [5, 5.41) is 6.10. The summed E-state index contributed by atoms with van der Waals surface area (Å²) in [4.78, 5) is 26.2. The molecule has 24 heavy (non-hydrogen) atoms. The summed E-state index contributed by atoms with van der Waals surface area (Å²) in [7, 11) is 1.95. The first kappa shape index (κ1) is 18.9. The van der Waals surface area contributed by atoms with Crippen LogP contribution < -0.4 is 10.6 Å². The Morgan fingerprint density at radius 2 is 2.04 bits per heavy atom. The second-order valence-corrected chi connectivity index (χ2v) is 7.33. The molecule has 132 valence electrons. The SMILES string of the molecule is CNCC1CCCN(C(=O)CC(NC(C)=O)c2ccc(Br)cc2)C1. The molecule has 2 unspecified atom stereocenters. The van der Waals surface area contributed by atoms with Crippen LogP contribution in [0.2, 0.25) is 0 Å². The van der Waals surface area contributed by atoms with Gasteiger partial charge in [-0.15, -0.1) is 0 Å². The second-order valence-electron chi connectivity index (χ2n) is 6.41. The number of nitrogens with one attached hydrogen (secondary N) is 2. The monoisotopic (exact) mass is 395 g/mol. The minimum absolute atomic E-state index is 0.109. The molecular weight excluding hydrogens is 370 g/mol. The van der Waals surface area contributed by atoms with Gasteiger partial charge in [0.15, 0.2) is 0 Å². The highest BCUT2D eigenvalue weighted by Gasteiger charge is 2.26. The molecule has 1 aromatic carbocycles. The maximum absolute atomic E-state index is 12.7. The minimum Gasteiger partial charge on any atom is -0.349 e. The summed E-state index contributed by atoms with van der Waals surface area (Å²) in [6.45, 7) is 4.03. The normalized spacial score (nSPS) is 19.0. The molecular formula is C18H26BrN3O2. The van der Waals surface area contributed by atoms with Crippen molar-refractivity contribution in [2.24, 2.45) is 5.92 Å². The van der Waals surface area contributed by atoms with E-state index in [2.05, 4.69) is 26.6 Å². The van der Waals surface area contributed by atoms with Crippen LogP contribution >= 0.6 is 15.9 Å². The number of benzene rings is 1. The molecule has 0 spiro atoms. The third-order valence-corrected chi connectivity index (χ3v) is 4.92. The molecule has 5 nitrogen and oxygen atoms in total. The lowest BCUT2D eigenvalue weighted by atomic mass is 9.96. The van der Waals surface area contributed by atoms with Gasteiger partial charge >= 0.3 is 0 Å². The quantitative estimate of drug-likeness (QED) is 0.777. The van der Waals surface area contributed by atoms with Gasteiger partial charge in [-0.3, -0.25) is 9.59 Å². The van der Waals surface area contributed by atoms with Crippen LogP contribution in [0.1, 0.15) is 37.8 Å². The lowest BCUT2D eigenvalue weighted by Gasteiger charge is -2.33. The smallest absolute Gasteiger partial charge is 0.224 e. The van der Waals surface area contributed by atoms with Crippen molar-refractivity contribution in [3.63, 3.8) is 0 Å². The lowest BCUT2D eigenvalue weighted by molar-refractivity contribution is -0.133. The number of halogens is 1. The molecule has 0 aliphatic carbocycles. The predicted octanol–water partition coefficient (Wildman–Crippen LogP) is 2.47. The molecule has 1 saturated heterocycles. The van der Waals surface area contributed by atoms with Crippen molar-refractivity contribution in [2.45, 2.75) is 32.2 Å². The molecule has 1 fully saturated rings. The summed E-state index contributed by atoms with van der Waals surface area (Å²) < 4.78 is 0.977. The summed E-state index contributed by atoms with van der Waals surface area (Å²) in [5.74, 6) is 0.500. The third kappa shape index (κ3) is 5.60. The average Bonchev–Trinajstić information content (AvgIpc) is 2.55. The van der Waals surface area contributed by atoms with Crippen LogP contribution in [0.25, 0.3) is 0 Å². The highest BCUT2D eigenvalue weighted by molar-refractivity contribution is 9.10. The summed E-state index contributed by atoms with van der Waals surface area (Å²) in [6, 6.07) is 7.46. The molecule has 2 N–H and O–H groups in total. The summed E-state index contributed by atoms with van der Waals surface area (Å²) in [5.41, 5.74) is 0.950. The van der Waals surface area contributed by atoms with Gasteiger partial charge in [-0.05, 0) is 50.0 Å². The Morgan fingerprint density at radius 3 is 2.67 bits per heavy atom. The molecule has 0 aromatic heterocycles. The number of likely N-dealkylation sites (tertiary alicyclic amines) is 1. The fraction of sp³-hybridized carbons (Fsp3) is 0.556. The molecule has 1 aliphatic rings. The van der Waals surface area contributed by atoms with Crippen molar-refractivity contribution in [2.75, 3.05) is 26.7 Å². The summed E-state index contributed by atoms with van der Waals surface area (Å²) >= 11 is 3.41. The topological polar surface area (TPSA) is 61.4 Å². The molecule has 1 heterocycles. The lowest BCUT2D eigenvalue weighted by Crippen LogP contribution is -2.43. The maximum atomic E-state index is 12.7. The Bertz CT molecular complexity index is 560.